The first-order valence-corrected chi connectivity index (χ1v) is 12.5. The zero-order valence-corrected chi connectivity index (χ0v) is 21.2. The number of H-pyrrole nitrogens is 1. The van der Waals surface area contributed by atoms with Gasteiger partial charge in [-0.05, 0) is 37.3 Å². The number of likely N-dealkylation sites (tertiary alicyclic amines) is 1. The fourth-order valence-electron chi connectivity index (χ4n) is 4.62. The van der Waals surface area contributed by atoms with E-state index in [2.05, 4.69) is 15.6 Å². The van der Waals surface area contributed by atoms with Crippen molar-refractivity contribution in [2.75, 3.05) is 6.54 Å². The minimum atomic E-state index is -1.47. The molecule has 3 rings (SSSR count). The summed E-state index contributed by atoms with van der Waals surface area (Å²) in [5, 5.41) is 15.2. The Morgan fingerprint density at radius 1 is 1.03 bits per heavy atom. The van der Waals surface area contributed by atoms with E-state index in [0.29, 0.717) is 6.42 Å². The number of fused-ring (bicyclic) bond motifs is 1. The summed E-state index contributed by atoms with van der Waals surface area (Å²) in [5.74, 6) is -5.18. The number of aromatic nitrogens is 1. The molecule has 0 bridgehead atoms. The molecule has 4 unspecified atom stereocenters. The minimum absolute atomic E-state index is 0.131. The maximum absolute atomic E-state index is 13.2. The number of carbonyl (C=O) groups is 6. The average Bonchev–Trinajstić information content (AvgIpc) is 3.53. The van der Waals surface area contributed by atoms with Crippen molar-refractivity contribution in [3.8, 4) is 0 Å². The van der Waals surface area contributed by atoms with Crippen molar-refractivity contribution in [1.82, 2.24) is 20.5 Å². The summed E-state index contributed by atoms with van der Waals surface area (Å²) in [5.41, 5.74) is 18.2. The predicted molar refractivity (Wildman–Crippen MR) is 138 cm³/mol. The molecule has 14 nitrogen and oxygen atoms in total. The molecule has 4 atom stereocenters. The lowest BCUT2D eigenvalue weighted by molar-refractivity contribution is -0.149. The number of nitrogens with zero attached hydrogens (tertiary/aromatic N) is 1. The van der Waals surface area contributed by atoms with E-state index in [-0.39, 0.29) is 32.2 Å². The predicted octanol–water partition coefficient (Wildman–Crippen LogP) is -1.78. The molecule has 1 fully saturated rings. The Bertz CT molecular complexity index is 1260. The van der Waals surface area contributed by atoms with Crippen molar-refractivity contribution < 1.29 is 33.9 Å². The quantitative estimate of drug-likeness (QED) is 0.152. The van der Waals surface area contributed by atoms with Crippen LogP contribution in [0.1, 0.15) is 37.7 Å². The topological polar surface area (TPSA) is 244 Å². The Labute approximate surface area is 223 Å². The first-order valence-electron chi connectivity index (χ1n) is 12.5. The van der Waals surface area contributed by atoms with Crippen molar-refractivity contribution in [3.63, 3.8) is 0 Å². The van der Waals surface area contributed by atoms with E-state index < -0.39 is 66.1 Å². The smallest absolute Gasteiger partial charge is 0.326 e. The van der Waals surface area contributed by atoms with Crippen molar-refractivity contribution in [3.05, 3.63) is 36.0 Å². The second-order valence-electron chi connectivity index (χ2n) is 9.50. The first-order chi connectivity index (χ1) is 18.5. The summed E-state index contributed by atoms with van der Waals surface area (Å²) in [7, 11) is 0. The Balaban J connectivity index is 1.72. The van der Waals surface area contributed by atoms with E-state index in [0.717, 1.165) is 21.4 Å². The molecule has 1 aliphatic rings. The molecule has 0 saturated carbocycles. The summed E-state index contributed by atoms with van der Waals surface area (Å²) in [6, 6.07) is 2.49. The normalized spacial score (nSPS) is 17.3. The maximum Gasteiger partial charge on any atom is 0.326 e. The molecule has 0 aliphatic carbocycles. The van der Waals surface area contributed by atoms with Gasteiger partial charge in [-0.2, -0.15) is 0 Å². The largest absolute Gasteiger partial charge is 0.480 e. The molecular weight excluding hydrogens is 510 g/mol. The Morgan fingerprint density at radius 2 is 1.72 bits per heavy atom. The summed E-state index contributed by atoms with van der Waals surface area (Å²) < 4.78 is 0. The number of aromatic amines is 1. The molecule has 1 aliphatic heterocycles. The van der Waals surface area contributed by atoms with E-state index in [1.807, 2.05) is 24.3 Å². The van der Waals surface area contributed by atoms with Crippen LogP contribution in [0.25, 0.3) is 10.9 Å². The molecule has 210 valence electrons. The number of hydrogen-bond acceptors (Lipinski definition) is 7. The fourth-order valence-corrected chi connectivity index (χ4v) is 4.62. The zero-order valence-electron chi connectivity index (χ0n) is 21.2. The van der Waals surface area contributed by atoms with Crippen LogP contribution in [0.4, 0.5) is 0 Å². The van der Waals surface area contributed by atoms with Crippen molar-refractivity contribution in [2.45, 2.75) is 62.7 Å². The van der Waals surface area contributed by atoms with Crippen molar-refractivity contribution >= 4 is 46.4 Å². The number of benzene rings is 1. The average molecular weight is 544 g/mol. The molecule has 0 radical (unpaired) electrons. The van der Waals surface area contributed by atoms with Gasteiger partial charge in [0, 0.05) is 30.1 Å². The number of rotatable bonds is 13. The molecule has 1 aromatic carbocycles. The van der Waals surface area contributed by atoms with Gasteiger partial charge in [-0.15, -0.1) is 0 Å². The van der Waals surface area contributed by atoms with E-state index in [1.54, 1.807) is 6.20 Å². The Kier molecular flexibility index (Phi) is 9.60. The van der Waals surface area contributed by atoms with Crippen LogP contribution in [0.2, 0.25) is 0 Å². The van der Waals surface area contributed by atoms with Crippen LogP contribution in [-0.4, -0.2) is 81.2 Å². The molecule has 39 heavy (non-hydrogen) atoms. The highest BCUT2D eigenvalue weighted by atomic mass is 16.4. The number of para-hydroxylation sites is 1. The molecular formula is C25H33N7O7. The second kappa shape index (κ2) is 12.9. The second-order valence-corrected chi connectivity index (χ2v) is 9.50. The third-order valence-corrected chi connectivity index (χ3v) is 6.60. The van der Waals surface area contributed by atoms with Crippen LogP contribution in [0.5, 0.6) is 0 Å². The van der Waals surface area contributed by atoms with Gasteiger partial charge in [-0.25, -0.2) is 4.79 Å². The number of amides is 5. The summed E-state index contributed by atoms with van der Waals surface area (Å²) in [6.07, 6.45) is 1.48. The van der Waals surface area contributed by atoms with Gasteiger partial charge in [-0.1, -0.05) is 18.2 Å². The number of nitrogens with two attached hydrogens (primary N) is 3. The van der Waals surface area contributed by atoms with E-state index in [4.69, 9.17) is 17.2 Å². The molecule has 1 aromatic heterocycles. The standard InChI is InChI=1S/C25H33N7O7/c26-15(10-13-12-29-16-5-2-1-4-14(13)16)22(35)31-18(11-21(28)34)23(36)30-17(7-8-20(27)33)24(37)32-9-3-6-19(32)25(38)39/h1-2,4-5,12,15,17-19,29H,3,6-11,26H2,(H2,27,33)(H2,28,34)(H,30,36)(H,31,35)(H,38,39). The lowest BCUT2D eigenvalue weighted by Crippen LogP contribution is -2.58. The number of carboxylic acid groups (broad SMARTS) is 1. The van der Waals surface area contributed by atoms with Crippen LogP contribution in [0.3, 0.4) is 0 Å². The minimum Gasteiger partial charge on any atom is -0.480 e. The van der Waals surface area contributed by atoms with E-state index >= 15 is 0 Å². The van der Waals surface area contributed by atoms with Gasteiger partial charge >= 0.3 is 5.97 Å². The van der Waals surface area contributed by atoms with Crippen molar-refractivity contribution in [2.24, 2.45) is 17.2 Å². The molecule has 5 amide bonds. The van der Waals surface area contributed by atoms with Gasteiger partial charge in [0.2, 0.25) is 29.5 Å². The van der Waals surface area contributed by atoms with E-state index in [1.165, 1.54) is 0 Å². The summed E-state index contributed by atoms with van der Waals surface area (Å²) in [4.78, 5) is 78.0. The molecule has 14 heteroatoms. The van der Waals surface area contributed by atoms with Gasteiger partial charge in [0.15, 0.2) is 0 Å². The number of primary amides is 2. The third-order valence-electron chi connectivity index (χ3n) is 6.60. The number of nitrogens with one attached hydrogen (secondary N) is 3. The van der Waals surface area contributed by atoms with Gasteiger partial charge in [0.25, 0.3) is 0 Å². The highest BCUT2D eigenvalue weighted by molar-refractivity contribution is 5.96. The van der Waals surface area contributed by atoms with Crippen LogP contribution >= 0.6 is 0 Å². The van der Waals surface area contributed by atoms with Gasteiger partial charge in [0.05, 0.1) is 12.5 Å². The van der Waals surface area contributed by atoms with Gasteiger partial charge < -0.3 is 42.8 Å². The number of aliphatic carboxylic acids is 1. The van der Waals surface area contributed by atoms with Crippen molar-refractivity contribution in [1.29, 1.82) is 0 Å². The van der Waals surface area contributed by atoms with Gasteiger partial charge in [-0.3, -0.25) is 24.0 Å². The zero-order chi connectivity index (χ0) is 28.7. The first kappa shape index (κ1) is 29.1. The molecule has 0 spiro atoms. The van der Waals surface area contributed by atoms with Crippen LogP contribution < -0.4 is 27.8 Å². The van der Waals surface area contributed by atoms with E-state index in [9.17, 15) is 33.9 Å². The summed E-state index contributed by atoms with van der Waals surface area (Å²) in [6.45, 7) is 0.156. The lowest BCUT2D eigenvalue weighted by Gasteiger charge is -2.28. The highest BCUT2D eigenvalue weighted by Crippen LogP contribution is 2.20. The SMILES string of the molecule is NC(=O)CCC(NC(=O)C(CC(N)=O)NC(=O)C(N)Cc1c[nH]c2ccccc12)C(=O)N1CCCC1C(=O)O. The Hall–Kier alpha value is -4.46. The monoisotopic (exact) mass is 543 g/mol. The fraction of sp³-hybridized carbons (Fsp3) is 0.440. The molecule has 2 heterocycles. The maximum atomic E-state index is 13.2. The molecule has 2 aromatic rings. The third kappa shape index (κ3) is 7.54. The Morgan fingerprint density at radius 3 is 2.38 bits per heavy atom. The van der Waals surface area contributed by atoms with Crippen LogP contribution in [0.15, 0.2) is 30.5 Å². The highest BCUT2D eigenvalue weighted by Gasteiger charge is 2.38. The number of carbonyl (C=O) groups excluding carboxylic acids is 5. The number of carboxylic acids is 1. The lowest BCUT2D eigenvalue weighted by atomic mass is 10.0. The number of hydrogen-bond donors (Lipinski definition) is 7. The van der Waals surface area contributed by atoms with Crippen LogP contribution in [-0.2, 0) is 35.2 Å². The molecule has 1 saturated heterocycles. The van der Waals surface area contributed by atoms with Gasteiger partial charge in [0.1, 0.15) is 18.1 Å². The summed E-state index contributed by atoms with van der Waals surface area (Å²) >= 11 is 0. The van der Waals surface area contributed by atoms with Crippen LogP contribution in [0, 0.1) is 0 Å². The molecule has 10 N–H and O–H groups in total.